The summed E-state index contributed by atoms with van der Waals surface area (Å²) >= 11 is 1.74. The summed E-state index contributed by atoms with van der Waals surface area (Å²) in [5, 5.41) is 1.09. The van der Waals surface area contributed by atoms with Crippen LogP contribution < -0.4 is 28.5 Å². The number of fused-ring (bicyclic) bond motifs is 1. The van der Waals surface area contributed by atoms with Crippen LogP contribution in [0.15, 0.2) is 48.8 Å². The lowest BCUT2D eigenvalue weighted by molar-refractivity contribution is -0.671. The molecule has 0 aliphatic rings. The highest BCUT2D eigenvalue weighted by molar-refractivity contribution is 7.21. The standard InChI is InChI=1S/C13H11N2S.HI/c1-15-8-6-10(7-9-15)13-14-11-4-2-3-5-12(11)16-13;/h2-9H,1H3;1H/q+1;/p-1. The third-order valence-corrected chi connectivity index (χ3v) is 3.60. The second kappa shape index (κ2) is 5.10. The molecule has 0 radical (unpaired) electrons. The maximum absolute atomic E-state index is 4.62. The van der Waals surface area contributed by atoms with Crippen LogP contribution in [0.3, 0.4) is 0 Å². The molecule has 17 heavy (non-hydrogen) atoms. The van der Waals surface area contributed by atoms with E-state index in [-0.39, 0.29) is 24.0 Å². The normalized spacial score (nSPS) is 10.2. The van der Waals surface area contributed by atoms with Crippen molar-refractivity contribution in [3.63, 3.8) is 0 Å². The van der Waals surface area contributed by atoms with Gasteiger partial charge in [-0.2, -0.15) is 0 Å². The molecular weight excluding hydrogens is 343 g/mol. The van der Waals surface area contributed by atoms with Crippen molar-refractivity contribution in [2.75, 3.05) is 0 Å². The zero-order chi connectivity index (χ0) is 11.0. The minimum Gasteiger partial charge on any atom is -1.00 e. The molecule has 3 aromatic rings. The number of benzene rings is 1. The third kappa shape index (κ3) is 2.47. The van der Waals surface area contributed by atoms with Gasteiger partial charge >= 0.3 is 0 Å². The van der Waals surface area contributed by atoms with Crippen molar-refractivity contribution < 1.29 is 28.5 Å². The molecule has 0 amide bonds. The van der Waals surface area contributed by atoms with Gasteiger partial charge in [0, 0.05) is 17.7 Å². The Hall–Kier alpha value is -1.01. The van der Waals surface area contributed by atoms with Gasteiger partial charge in [0.15, 0.2) is 12.4 Å². The second-order valence-corrected chi connectivity index (χ2v) is 4.77. The van der Waals surface area contributed by atoms with Gasteiger partial charge in [-0.25, -0.2) is 9.55 Å². The molecule has 0 saturated heterocycles. The van der Waals surface area contributed by atoms with Gasteiger partial charge in [-0.15, -0.1) is 11.3 Å². The van der Waals surface area contributed by atoms with Gasteiger partial charge < -0.3 is 24.0 Å². The fourth-order valence-corrected chi connectivity index (χ4v) is 2.61. The van der Waals surface area contributed by atoms with Crippen molar-refractivity contribution in [3.8, 4) is 10.6 Å². The van der Waals surface area contributed by atoms with E-state index < -0.39 is 0 Å². The van der Waals surface area contributed by atoms with E-state index in [1.165, 1.54) is 10.3 Å². The Kier molecular flexibility index (Phi) is 3.73. The van der Waals surface area contributed by atoms with Gasteiger partial charge in [-0.05, 0) is 12.1 Å². The molecule has 1 aromatic carbocycles. The van der Waals surface area contributed by atoms with E-state index in [0.29, 0.717) is 0 Å². The lowest BCUT2D eigenvalue weighted by Gasteiger charge is -1.92. The molecule has 2 nitrogen and oxygen atoms in total. The topological polar surface area (TPSA) is 16.8 Å². The molecule has 0 N–H and O–H groups in total. The van der Waals surface area contributed by atoms with Crippen LogP contribution in [-0.4, -0.2) is 4.98 Å². The van der Waals surface area contributed by atoms with Gasteiger partial charge in [-0.1, -0.05) is 12.1 Å². The molecular formula is C13H11IN2S. The number of nitrogens with zero attached hydrogens (tertiary/aromatic N) is 2. The maximum atomic E-state index is 4.62. The Morgan fingerprint density at radius 1 is 1.06 bits per heavy atom. The summed E-state index contributed by atoms with van der Waals surface area (Å²) < 4.78 is 3.27. The number of rotatable bonds is 1. The Bertz CT molecular complexity index is 598. The van der Waals surface area contributed by atoms with Gasteiger partial charge in [0.05, 0.1) is 10.2 Å². The zero-order valence-electron chi connectivity index (χ0n) is 9.30. The van der Waals surface area contributed by atoms with Gasteiger partial charge in [0.25, 0.3) is 0 Å². The minimum absolute atomic E-state index is 0. The van der Waals surface area contributed by atoms with Crippen LogP contribution >= 0.6 is 11.3 Å². The second-order valence-electron chi connectivity index (χ2n) is 3.74. The summed E-state index contributed by atoms with van der Waals surface area (Å²) in [6, 6.07) is 12.4. The average Bonchev–Trinajstić information content (AvgIpc) is 2.73. The van der Waals surface area contributed by atoms with Crippen LogP contribution in [0.2, 0.25) is 0 Å². The molecule has 0 spiro atoms. The number of hydrogen-bond acceptors (Lipinski definition) is 2. The summed E-state index contributed by atoms with van der Waals surface area (Å²) in [5.74, 6) is 0. The van der Waals surface area contributed by atoms with Crippen molar-refractivity contribution >= 4 is 21.6 Å². The van der Waals surface area contributed by atoms with Crippen LogP contribution in [0.1, 0.15) is 0 Å². The molecule has 0 aliphatic heterocycles. The van der Waals surface area contributed by atoms with Crippen molar-refractivity contribution in [2.24, 2.45) is 7.05 Å². The molecule has 0 unspecified atom stereocenters. The predicted molar refractivity (Wildman–Crippen MR) is 66.2 cm³/mol. The van der Waals surface area contributed by atoms with Crippen LogP contribution in [0.5, 0.6) is 0 Å². The van der Waals surface area contributed by atoms with E-state index in [4.69, 9.17) is 0 Å². The summed E-state index contributed by atoms with van der Waals surface area (Å²) in [7, 11) is 2.02. The molecule has 4 heteroatoms. The van der Waals surface area contributed by atoms with Crippen molar-refractivity contribution in [3.05, 3.63) is 48.8 Å². The monoisotopic (exact) mass is 354 g/mol. The van der Waals surface area contributed by atoms with E-state index in [1.54, 1.807) is 11.3 Å². The summed E-state index contributed by atoms with van der Waals surface area (Å²) in [5.41, 5.74) is 2.26. The Morgan fingerprint density at radius 3 is 2.47 bits per heavy atom. The van der Waals surface area contributed by atoms with E-state index in [2.05, 4.69) is 35.3 Å². The molecule has 86 valence electrons. The van der Waals surface area contributed by atoms with Gasteiger partial charge in [-0.3, -0.25) is 0 Å². The Morgan fingerprint density at radius 2 is 1.76 bits per heavy atom. The van der Waals surface area contributed by atoms with Crippen molar-refractivity contribution in [1.82, 2.24) is 4.98 Å². The van der Waals surface area contributed by atoms with E-state index >= 15 is 0 Å². The number of thiazole rings is 1. The number of aromatic nitrogens is 2. The SMILES string of the molecule is C[n+]1ccc(-c2nc3ccccc3s2)cc1.[I-]. The molecule has 0 fully saturated rings. The first-order valence-electron chi connectivity index (χ1n) is 5.14. The summed E-state index contributed by atoms with van der Waals surface area (Å²) in [6.07, 6.45) is 4.09. The summed E-state index contributed by atoms with van der Waals surface area (Å²) in [4.78, 5) is 4.62. The molecule has 0 aliphatic carbocycles. The highest BCUT2D eigenvalue weighted by atomic mass is 127. The van der Waals surface area contributed by atoms with E-state index in [0.717, 1.165) is 10.5 Å². The molecule has 0 atom stereocenters. The number of aryl methyl sites for hydroxylation is 1. The lowest BCUT2D eigenvalue weighted by Crippen LogP contribution is -3.00. The third-order valence-electron chi connectivity index (χ3n) is 2.52. The fourth-order valence-electron chi connectivity index (χ4n) is 1.64. The average molecular weight is 354 g/mol. The number of para-hydroxylation sites is 1. The first-order chi connectivity index (χ1) is 7.83. The molecule has 0 bridgehead atoms. The first kappa shape index (κ1) is 12.4. The van der Waals surface area contributed by atoms with Gasteiger partial charge in [0.1, 0.15) is 12.1 Å². The van der Waals surface area contributed by atoms with E-state index in [9.17, 15) is 0 Å². The van der Waals surface area contributed by atoms with Crippen LogP contribution in [0.4, 0.5) is 0 Å². The van der Waals surface area contributed by atoms with Crippen LogP contribution in [0, 0.1) is 0 Å². The van der Waals surface area contributed by atoms with Crippen molar-refractivity contribution in [1.29, 1.82) is 0 Å². The zero-order valence-corrected chi connectivity index (χ0v) is 12.3. The molecule has 2 aromatic heterocycles. The summed E-state index contributed by atoms with van der Waals surface area (Å²) in [6.45, 7) is 0. The number of halogens is 1. The highest BCUT2D eigenvalue weighted by Crippen LogP contribution is 2.29. The molecule has 2 heterocycles. The smallest absolute Gasteiger partial charge is 0.169 e. The predicted octanol–water partition coefficient (Wildman–Crippen LogP) is -0.208. The highest BCUT2D eigenvalue weighted by Gasteiger charge is 2.06. The quantitative estimate of drug-likeness (QED) is 0.437. The largest absolute Gasteiger partial charge is 1.00 e. The van der Waals surface area contributed by atoms with Gasteiger partial charge in [0.2, 0.25) is 0 Å². The fraction of sp³-hybridized carbons (Fsp3) is 0.0769. The van der Waals surface area contributed by atoms with Crippen LogP contribution in [-0.2, 0) is 7.05 Å². The minimum atomic E-state index is 0. The van der Waals surface area contributed by atoms with Crippen molar-refractivity contribution in [2.45, 2.75) is 0 Å². The Balaban J connectivity index is 0.00000108. The maximum Gasteiger partial charge on any atom is 0.169 e. The number of hydrogen-bond donors (Lipinski definition) is 0. The lowest BCUT2D eigenvalue weighted by atomic mass is 10.3. The van der Waals surface area contributed by atoms with E-state index in [1.807, 2.05) is 30.1 Å². The first-order valence-corrected chi connectivity index (χ1v) is 5.96. The number of pyridine rings is 1. The van der Waals surface area contributed by atoms with Crippen LogP contribution in [0.25, 0.3) is 20.8 Å². The molecule has 3 rings (SSSR count). The molecule has 0 saturated carbocycles. The Labute approximate surface area is 121 Å².